The van der Waals surface area contributed by atoms with Gasteiger partial charge in [0.25, 0.3) is 5.69 Å². The lowest BCUT2D eigenvalue weighted by atomic mass is 10.1. The van der Waals surface area contributed by atoms with Gasteiger partial charge in [-0.15, -0.1) is 0 Å². The molecule has 0 radical (unpaired) electrons. The Morgan fingerprint density at radius 2 is 2.00 bits per heavy atom. The van der Waals surface area contributed by atoms with Gasteiger partial charge in [-0.3, -0.25) is 14.9 Å². The molecular formula is C8H5Br2NO3. The van der Waals surface area contributed by atoms with Gasteiger partial charge >= 0.3 is 0 Å². The van der Waals surface area contributed by atoms with Crippen LogP contribution in [0.3, 0.4) is 0 Å². The van der Waals surface area contributed by atoms with Crippen LogP contribution in [-0.2, 0) is 0 Å². The topological polar surface area (TPSA) is 60.2 Å². The number of Topliss-reactive ketones (excluding diaryl/α,β-unsaturated/α-hetero) is 1. The van der Waals surface area contributed by atoms with E-state index in [4.69, 9.17) is 0 Å². The molecule has 0 fully saturated rings. The molecule has 0 bridgehead atoms. The van der Waals surface area contributed by atoms with Crippen LogP contribution < -0.4 is 0 Å². The summed E-state index contributed by atoms with van der Waals surface area (Å²) < 4.78 is 0.979. The summed E-state index contributed by atoms with van der Waals surface area (Å²) in [5.41, 5.74) is -0.100. The zero-order chi connectivity index (χ0) is 10.9. The van der Waals surface area contributed by atoms with Crippen molar-refractivity contribution in [2.45, 2.75) is 6.92 Å². The van der Waals surface area contributed by atoms with Gasteiger partial charge in [0, 0.05) is 15.0 Å². The monoisotopic (exact) mass is 321 g/mol. The van der Waals surface area contributed by atoms with Crippen molar-refractivity contribution < 1.29 is 9.72 Å². The van der Waals surface area contributed by atoms with Crippen molar-refractivity contribution in [3.8, 4) is 0 Å². The normalized spacial score (nSPS) is 9.93. The first-order valence-electron chi connectivity index (χ1n) is 3.58. The maximum absolute atomic E-state index is 11.2. The number of nitrogens with zero attached hydrogens (tertiary/aromatic N) is 1. The van der Waals surface area contributed by atoms with E-state index < -0.39 is 4.92 Å². The number of hydrogen-bond acceptors (Lipinski definition) is 3. The van der Waals surface area contributed by atoms with Gasteiger partial charge in [0.15, 0.2) is 5.78 Å². The van der Waals surface area contributed by atoms with Gasteiger partial charge in [-0.25, -0.2) is 0 Å². The summed E-state index contributed by atoms with van der Waals surface area (Å²) >= 11 is 6.23. The van der Waals surface area contributed by atoms with Crippen LogP contribution in [0.4, 0.5) is 5.69 Å². The Kier molecular flexibility index (Phi) is 3.38. The van der Waals surface area contributed by atoms with E-state index in [1.54, 1.807) is 6.07 Å². The Bertz CT molecular complexity index is 417. The number of hydrogen-bond donors (Lipinski definition) is 0. The second kappa shape index (κ2) is 4.18. The number of ketones is 1. The van der Waals surface area contributed by atoms with Gasteiger partial charge in [0.05, 0.1) is 4.92 Å². The number of nitro benzene ring substituents is 1. The quantitative estimate of drug-likeness (QED) is 0.476. The van der Waals surface area contributed by atoms with E-state index in [0.29, 0.717) is 8.95 Å². The molecule has 1 aromatic carbocycles. The second-order valence-electron chi connectivity index (χ2n) is 2.60. The summed E-state index contributed by atoms with van der Waals surface area (Å²) in [5.74, 6) is -0.337. The maximum atomic E-state index is 11.2. The van der Waals surface area contributed by atoms with Crippen LogP contribution in [0.2, 0.25) is 0 Å². The first-order valence-corrected chi connectivity index (χ1v) is 5.16. The van der Waals surface area contributed by atoms with Crippen molar-refractivity contribution in [3.63, 3.8) is 0 Å². The highest BCUT2D eigenvalue weighted by Crippen LogP contribution is 2.31. The molecule has 0 N–H and O–H groups in total. The molecule has 0 amide bonds. The van der Waals surface area contributed by atoms with E-state index in [1.165, 1.54) is 13.0 Å². The summed E-state index contributed by atoms with van der Waals surface area (Å²) in [6.07, 6.45) is 0. The minimum atomic E-state index is -0.577. The van der Waals surface area contributed by atoms with E-state index in [9.17, 15) is 14.9 Å². The largest absolute Gasteiger partial charge is 0.294 e. The predicted octanol–water partition coefficient (Wildman–Crippen LogP) is 3.32. The molecule has 0 heterocycles. The molecule has 6 heteroatoms. The molecule has 0 aromatic heterocycles. The Balaban J connectivity index is 3.52. The summed E-state index contributed by atoms with van der Waals surface area (Å²) in [5, 5.41) is 10.6. The molecule has 0 saturated carbocycles. The third-order valence-corrected chi connectivity index (χ3v) is 2.67. The molecule has 14 heavy (non-hydrogen) atoms. The SMILES string of the molecule is CC(=O)c1c(Br)cc(Br)cc1[N+](=O)[O-]. The first kappa shape index (κ1) is 11.3. The first-order chi connectivity index (χ1) is 6.43. The van der Waals surface area contributed by atoms with Crippen LogP contribution in [0, 0.1) is 10.1 Å². The van der Waals surface area contributed by atoms with Crippen LogP contribution >= 0.6 is 31.9 Å². The molecule has 0 saturated heterocycles. The fourth-order valence-electron chi connectivity index (χ4n) is 1.05. The van der Waals surface area contributed by atoms with Crippen LogP contribution in [0.15, 0.2) is 21.1 Å². The van der Waals surface area contributed by atoms with E-state index in [-0.39, 0.29) is 17.0 Å². The average Bonchev–Trinajstić information content (AvgIpc) is 2.01. The van der Waals surface area contributed by atoms with Crippen LogP contribution in [-0.4, -0.2) is 10.7 Å². The zero-order valence-electron chi connectivity index (χ0n) is 7.08. The van der Waals surface area contributed by atoms with Gasteiger partial charge in [0.1, 0.15) is 5.56 Å². The predicted molar refractivity (Wildman–Crippen MR) is 58.5 cm³/mol. The molecule has 0 atom stereocenters. The maximum Gasteiger partial charge on any atom is 0.282 e. The average molecular weight is 323 g/mol. The Morgan fingerprint density at radius 1 is 1.43 bits per heavy atom. The molecule has 1 aromatic rings. The molecule has 0 unspecified atom stereocenters. The van der Waals surface area contributed by atoms with E-state index in [1.807, 2.05) is 0 Å². The minimum absolute atomic E-state index is 0.0956. The van der Waals surface area contributed by atoms with Gasteiger partial charge in [-0.1, -0.05) is 15.9 Å². The van der Waals surface area contributed by atoms with Gasteiger partial charge < -0.3 is 0 Å². The van der Waals surface area contributed by atoms with Crippen molar-refractivity contribution in [1.82, 2.24) is 0 Å². The zero-order valence-corrected chi connectivity index (χ0v) is 10.3. The van der Waals surface area contributed by atoms with Crippen LogP contribution in [0.5, 0.6) is 0 Å². The number of carbonyl (C=O) groups is 1. The summed E-state index contributed by atoms with van der Waals surface area (Å²) in [4.78, 5) is 21.2. The van der Waals surface area contributed by atoms with Gasteiger partial charge in [0.2, 0.25) is 0 Å². The molecule has 0 aliphatic carbocycles. The van der Waals surface area contributed by atoms with Crippen molar-refractivity contribution >= 4 is 43.3 Å². The third-order valence-electron chi connectivity index (χ3n) is 1.58. The summed E-state index contributed by atoms with van der Waals surface area (Å²) in [6.45, 7) is 1.29. The smallest absolute Gasteiger partial charge is 0.282 e. The lowest BCUT2D eigenvalue weighted by Crippen LogP contribution is -2.01. The number of rotatable bonds is 2. The van der Waals surface area contributed by atoms with Crippen molar-refractivity contribution in [2.24, 2.45) is 0 Å². The molecule has 74 valence electrons. The number of benzene rings is 1. The highest BCUT2D eigenvalue weighted by atomic mass is 79.9. The molecule has 0 aliphatic heterocycles. The van der Waals surface area contributed by atoms with E-state index >= 15 is 0 Å². The van der Waals surface area contributed by atoms with Gasteiger partial charge in [-0.2, -0.15) is 0 Å². The molecular weight excluding hydrogens is 318 g/mol. The summed E-state index contributed by atoms with van der Waals surface area (Å²) in [7, 11) is 0. The summed E-state index contributed by atoms with van der Waals surface area (Å²) in [6, 6.07) is 2.91. The molecule has 4 nitrogen and oxygen atoms in total. The van der Waals surface area contributed by atoms with Crippen molar-refractivity contribution in [1.29, 1.82) is 0 Å². The van der Waals surface area contributed by atoms with E-state index in [2.05, 4.69) is 31.9 Å². The highest BCUT2D eigenvalue weighted by Gasteiger charge is 2.21. The minimum Gasteiger partial charge on any atom is -0.294 e. The molecule has 1 rings (SSSR count). The number of halogens is 2. The Labute approximate surface area is 96.7 Å². The molecule has 0 aliphatic rings. The number of carbonyl (C=O) groups excluding carboxylic acids is 1. The fourth-order valence-corrected chi connectivity index (χ4v) is 2.53. The number of nitro groups is 1. The fraction of sp³-hybridized carbons (Fsp3) is 0.125. The van der Waals surface area contributed by atoms with Crippen molar-refractivity contribution in [3.05, 3.63) is 36.8 Å². The van der Waals surface area contributed by atoms with Crippen LogP contribution in [0.25, 0.3) is 0 Å². The highest BCUT2D eigenvalue weighted by molar-refractivity contribution is 9.11. The van der Waals surface area contributed by atoms with Gasteiger partial charge in [-0.05, 0) is 28.9 Å². The van der Waals surface area contributed by atoms with Crippen LogP contribution in [0.1, 0.15) is 17.3 Å². The van der Waals surface area contributed by atoms with Crippen molar-refractivity contribution in [2.75, 3.05) is 0 Å². The second-order valence-corrected chi connectivity index (χ2v) is 4.37. The molecule has 0 spiro atoms. The standard InChI is InChI=1S/C8H5Br2NO3/c1-4(12)8-6(10)2-5(9)3-7(8)11(13)14/h2-3H,1H3. The van der Waals surface area contributed by atoms with E-state index in [0.717, 1.165) is 0 Å². The third kappa shape index (κ3) is 2.19. The lowest BCUT2D eigenvalue weighted by molar-refractivity contribution is -0.385. The lowest BCUT2D eigenvalue weighted by Gasteiger charge is -2.02. The Hall–Kier alpha value is -0.750. The Morgan fingerprint density at radius 3 is 2.43 bits per heavy atom.